The van der Waals surface area contributed by atoms with Gasteiger partial charge in [-0.1, -0.05) is 18.2 Å². The highest BCUT2D eigenvalue weighted by molar-refractivity contribution is 7.89. The summed E-state index contributed by atoms with van der Waals surface area (Å²) in [5, 5.41) is 0. The van der Waals surface area contributed by atoms with Crippen LogP contribution in [-0.2, 0) is 27.5 Å². The largest absolute Gasteiger partial charge is 0.416 e. The zero-order valence-corrected chi connectivity index (χ0v) is 17.0. The van der Waals surface area contributed by atoms with Crippen LogP contribution in [0, 0.1) is 0 Å². The Labute approximate surface area is 172 Å². The van der Waals surface area contributed by atoms with Crippen LogP contribution in [0.5, 0.6) is 0 Å². The Balaban J connectivity index is 1.70. The molecule has 10 heteroatoms. The van der Waals surface area contributed by atoms with E-state index >= 15 is 0 Å². The Morgan fingerprint density at radius 1 is 1.00 bits per heavy atom. The SMILES string of the molecule is COCc1ccccc1C(=O)N1CCN(S(=O)(=O)c2ccc(C(F)(F)F)cc2)CC1. The van der Waals surface area contributed by atoms with Gasteiger partial charge in [0, 0.05) is 38.9 Å². The highest BCUT2D eigenvalue weighted by atomic mass is 32.2. The molecule has 0 aliphatic carbocycles. The molecule has 2 aromatic rings. The summed E-state index contributed by atoms with van der Waals surface area (Å²) in [6, 6.07) is 10.5. The summed E-state index contributed by atoms with van der Waals surface area (Å²) in [5.41, 5.74) is 0.329. The third kappa shape index (κ3) is 4.66. The molecule has 0 aromatic heterocycles. The van der Waals surface area contributed by atoms with Crippen LogP contribution in [0.3, 0.4) is 0 Å². The number of ether oxygens (including phenoxy) is 1. The number of nitrogens with zero attached hydrogens (tertiary/aromatic N) is 2. The second-order valence-corrected chi connectivity index (χ2v) is 8.75. The first-order valence-corrected chi connectivity index (χ1v) is 10.6. The van der Waals surface area contributed by atoms with Crippen LogP contribution in [0.25, 0.3) is 0 Å². The normalized spacial score (nSPS) is 15.9. The second kappa shape index (κ2) is 8.75. The van der Waals surface area contributed by atoms with Crippen molar-refractivity contribution < 1.29 is 31.1 Å². The molecule has 0 bridgehead atoms. The molecule has 1 amide bonds. The molecule has 0 N–H and O–H groups in total. The van der Waals surface area contributed by atoms with E-state index in [1.54, 1.807) is 29.2 Å². The van der Waals surface area contributed by atoms with E-state index < -0.39 is 21.8 Å². The van der Waals surface area contributed by atoms with Crippen LogP contribution in [0.15, 0.2) is 53.4 Å². The summed E-state index contributed by atoms with van der Waals surface area (Å²) in [7, 11) is -2.41. The van der Waals surface area contributed by atoms with Crippen LogP contribution < -0.4 is 0 Å². The molecule has 30 heavy (non-hydrogen) atoms. The summed E-state index contributed by atoms with van der Waals surface area (Å²) in [4.78, 5) is 14.2. The summed E-state index contributed by atoms with van der Waals surface area (Å²) in [5.74, 6) is -0.214. The van der Waals surface area contributed by atoms with E-state index in [4.69, 9.17) is 4.74 Å². The molecule has 0 radical (unpaired) electrons. The fourth-order valence-corrected chi connectivity index (χ4v) is 4.70. The number of rotatable bonds is 5. The lowest BCUT2D eigenvalue weighted by Crippen LogP contribution is -2.50. The molecule has 162 valence electrons. The summed E-state index contributed by atoms with van der Waals surface area (Å²) in [6.07, 6.45) is -4.53. The van der Waals surface area contributed by atoms with Gasteiger partial charge in [-0.05, 0) is 35.9 Å². The van der Waals surface area contributed by atoms with Gasteiger partial charge in [-0.3, -0.25) is 4.79 Å². The standard InChI is InChI=1S/C20H21F3N2O4S/c1-29-14-15-4-2-3-5-18(15)19(26)24-10-12-25(13-11-24)30(27,28)17-8-6-16(7-9-17)20(21,22)23/h2-9H,10-14H2,1H3. The molecule has 0 saturated carbocycles. The van der Waals surface area contributed by atoms with Gasteiger partial charge < -0.3 is 9.64 Å². The smallest absolute Gasteiger partial charge is 0.380 e. The lowest BCUT2D eigenvalue weighted by Gasteiger charge is -2.34. The average molecular weight is 442 g/mol. The molecule has 2 aromatic carbocycles. The fourth-order valence-electron chi connectivity index (χ4n) is 3.28. The minimum Gasteiger partial charge on any atom is -0.380 e. The van der Waals surface area contributed by atoms with Crippen molar-refractivity contribution >= 4 is 15.9 Å². The van der Waals surface area contributed by atoms with Gasteiger partial charge in [-0.2, -0.15) is 17.5 Å². The van der Waals surface area contributed by atoms with Crippen LogP contribution in [-0.4, -0.2) is 56.8 Å². The first kappa shape index (κ1) is 22.3. The maximum absolute atomic E-state index is 12.8. The third-order valence-corrected chi connectivity index (χ3v) is 6.81. The Morgan fingerprint density at radius 3 is 2.17 bits per heavy atom. The average Bonchev–Trinajstić information content (AvgIpc) is 2.73. The minimum absolute atomic E-state index is 0.0571. The molecule has 1 heterocycles. The summed E-state index contributed by atoms with van der Waals surface area (Å²) in [6.45, 7) is 0.757. The zero-order valence-electron chi connectivity index (χ0n) is 16.2. The van der Waals surface area contributed by atoms with E-state index in [1.165, 1.54) is 11.4 Å². The van der Waals surface area contributed by atoms with Gasteiger partial charge >= 0.3 is 6.18 Å². The number of alkyl halides is 3. The Morgan fingerprint density at radius 2 is 1.60 bits per heavy atom. The van der Waals surface area contributed by atoms with E-state index in [-0.39, 0.29) is 43.6 Å². The van der Waals surface area contributed by atoms with Crippen molar-refractivity contribution in [2.45, 2.75) is 17.7 Å². The van der Waals surface area contributed by atoms with Gasteiger partial charge in [-0.25, -0.2) is 8.42 Å². The van der Waals surface area contributed by atoms with Gasteiger partial charge in [0.05, 0.1) is 17.1 Å². The molecule has 6 nitrogen and oxygen atoms in total. The molecule has 1 aliphatic rings. The summed E-state index contributed by atoms with van der Waals surface area (Å²) >= 11 is 0. The predicted molar refractivity (Wildman–Crippen MR) is 103 cm³/mol. The van der Waals surface area contributed by atoms with E-state index in [1.807, 2.05) is 0 Å². The fraction of sp³-hybridized carbons (Fsp3) is 0.350. The van der Waals surface area contributed by atoms with E-state index in [2.05, 4.69) is 0 Å². The minimum atomic E-state index is -4.53. The number of carbonyl (C=O) groups is 1. The lowest BCUT2D eigenvalue weighted by atomic mass is 10.1. The van der Waals surface area contributed by atoms with Crippen LogP contribution >= 0.6 is 0 Å². The molecule has 1 fully saturated rings. The van der Waals surface area contributed by atoms with Crippen LogP contribution in [0.1, 0.15) is 21.5 Å². The molecule has 1 aliphatic heterocycles. The van der Waals surface area contributed by atoms with Gasteiger partial charge in [-0.15, -0.1) is 0 Å². The number of carbonyl (C=O) groups excluding carboxylic acids is 1. The Kier molecular flexibility index (Phi) is 6.49. The van der Waals surface area contributed by atoms with Crippen molar-refractivity contribution in [3.05, 3.63) is 65.2 Å². The van der Waals surface area contributed by atoms with Crippen molar-refractivity contribution in [3.8, 4) is 0 Å². The number of benzene rings is 2. The molecular formula is C20H21F3N2O4S. The molecule has 0 spiro atoms. The third-order valence-electron chi connectivity index (χ3n) is 4.89. The lowest BCUT2D eigenvalue weighted by molar-refractivity contribution is -0.137. The van der Waals surface area contributed by atoms with Crippen molar-refractivity contribution in [2.75, 3.05) is 33.3 Å². The van der Waals surface area contributed by atoms with Crippen LogP contribution in [0.2, 0.25) is 0 Å². The molecule has 0 atom stereocenters. The highest BCUT2D eigenvalue weighted by Crippen LogP contribution is 2.30. The maximum Gasteiger partial charge on any atom is 0.416 e. The van der Waals surface area contributed by atoms with Gasteiger partial charge in [0.25, 0.3) is 5.91 Å². The summed E-state index contributed by atoms with van der Waals surface area (Å²) < 4.78 is 69.9. The van der Waals surface area contributed by atoms with Gasteiger partial charge in [0.2, 0.25) is 10.0 Å². The highest BCUT2D eigenvalue weighted by Gasteiger charge is 2.33. The van der Waals surface area contributed by atoms with Crippen molar-refractivity contribution in [2.24, 2.45) is 0 Å². The number of methoxy groups -OCH3 is 1. The number of hydrogen-bond donors (Lipinski definition) is 0. The maximum atomic E-state index is 12.8. The number of amides is 1. The Hall–Kier alpha value is -2.43. The Bertz CT molecular complexity index is 999. The number of halogens is 3. The quantitative estimate of drug-likeness (QED) is 0.714. The molecule has 0 unspecified atom stereocenters. The van der Waals surface area contributed by atoms with Gasteiger partial charge in [0.1, 0.15) is 0 Å². The van der Waals surface area contributed by atoms with E-state index in [0.29, 0.717) is 5.56 Å². The van der Waals surface area contributed by atoms with Crippen molar-refractivity contribution in [1.82, 2.24) is 9.21 Å². The van der Waals surface area contributed by atoms with E-state index in [9.17, 15) is 26.4 Å². The topological polar surface area (TPSA) is 66.9 Å². The van der Waals surface area contributed by atoms with Crippen LogP contribution in [0.4, 0.5) is 13.2 Å². The molecular weight excluding hydrogens is 421 g/mol. The zero-order chi connectivity index (χ0) is 21.9. The number of hydrogen-bond acceptors (Lipinski definition) is 4. The first-order valence-electron chi connectivity index (χ1n) is 9.18. The second-order valence-electron chi connectivity index (χ2n) is 6.81. The monoisotopic (exact) mass is 442 g/mol. The van der Waals surface area contributed by atoms with E-state index in [0.717, 1.165) is 29.8 Å². The van der Waals surface area contributed by atoms with Crippen molar-refractivity contribution in [3.63, 3.8) is 0 Å². The first-order chi connectivity index (χ1) is 14.1. The molecule has 1 saturated heterocycles. The van der Waals surface area contributed by atoms with Gasteiger partial charge in [0.15, 0.2) is 0 Å². The number of piperazine rings is 1. The predicted octanol–water partition coefficient (Wildman–Crippen LogP) is 3.00. The van der Waals surface area contributed by atoms with Crippen molar-refractivity contribution in [1.29, 1.82) is 0 Å². The molecule has 3 rings (SSSR count). The number of sulfonamides is 1.